The number of nitrogens with one attached hydrogen (secondary N) is 1. The number of hydrogen-bond acceptors (Lipinski definition) is 4. The van der Waals surface area contributed by atoms with Crippen LogP contribution in [0.4, 0.5) is 5.69 Å². The largest absolute Gasteiger partial charge is 0.497 e. The molecule has 0 fully saturated rings. The van der Waals surface area contributed by atoms with Gasteiger partial charge in [0.05, 0.1) is 23.8 Å². The molecule has 1 N–H and O–H groups in total. The smallest absolute Gasteiger partial charge is 0.121 e. The highest BCUT2D eigenvalue weighted by Crippen LogP contribution is 2.29. The number of pyridine rings is 2. The molecule has 3 aromatic carbocycles. The van der Waals surface area contributed by atoms with E-state index in [1.165, 1.54) is 21.7 Å². The molecule has 2 aromatic heterocycles. The van der Waals surface area contributed by atoms with Crippen molar-refractivity contribution in [1.29, 1.82) is 0 Å². The number of hydrogen-bond donors (Lipinski definition) is 1. The summed E-state index contributed by atoms with van der Waals surface area (Å²) in [5.74, 6) is 1.44. The van der Waals surface area contributed by atoms with Crippen LogP contribution in [0.25, 0.3) is 32.6 Å². The summed E-state index contributed by atoms with van der Waals surface area (Å²) in [7, 11) is 1.70. The third kappa shape index (κ3) is 4.61. The lowest BCUT2D eigenvalue weighted by atomic mass is 9.93. The number of anilines is 1. The van der Waals surface area contributed by atoms with E-state index in [1.54, 1.807) is 7.11 Å². The molecule has 5 rings (SSSR count). The number of ether oxygens (including phenoxy) is 1. The molecule has 0 bridgehead atoms. The lowest BCUT2D eigenvalue weighted by Crippen LogP contribution is -2.07. The highest BCUT2D eigenvalue weighted by Gasteiger charge is 2.10. The zero-order valence-corrected chi connectivity index (χ0v) is 19.2. The maximum atomic E-state index is 5.46. The van der Waals surface area contributed by atoms with E-state index in [0.717, 1.165) is 53.7 Å². The van der Waals surface area contributed by atoms with E-state index in [9.17, 15) is 0 Å². The lowest BCUT2D eigenvalue weighted by molar-refractivity contribution is 0.415. The summed E-state index contributed by atoms with van der Waals surface area (Å²) in [6.07, 6.45) is 7.09. The summed E-state index contributed by atoms with van der Waals surface area (Å²) < 4.78 is 5.46. The molecular formula is C29H29N3O. The molecule has 1 unspecified atom stereocenters. The van der Waals surface area contributed by atoms with E-state index in [-0.39, 0.29) is 0 Å². The SMILES string of the molecule is COc1cc(NCCCC(C)Cc2ccnc3cc4ccccc4cc23)c2ncccc2c1. The average Bonchev–Trinajstić information content (AvgIpc) is 2.85. The fraction of sp³-hybridized carbons (Fsp3) is 0.241. The van der Waals surface area contributed by atoms with Crippen molar-refractivity contribution in [1.82, 2.24) is 9.97 Å². The standard InChI is InChI=1S/C29H29N3O/c1-20(7-5-12-30-28-19-25(33-2)16-24-10-6-13-32-29(24)28)15-23-11-14-31-27-18-22-9-4-3-8-21(22)17-26(23)27/h3-4,6,8-11,13-14,16-20,30H,5,7,12,15H2,1-2H3. The molecular weight excluding hydrogens is 406 g/mol. The summed E-state index contributed by atoms with van der Waals surface area (Å²) in [6.45, 7) is 3.25. The maximum Gasteiger partial charge on any atom is 0.121 e. The molecule has 0 saturated heterocycles. The monoisotopic (exact) mass is 435 g/mol. The Kier molecular flexibility index (Phi) is 6.07. The van der Waals surface area contributed by atoms with Gasteiger partial charge >= 0.3 is 0 Å². The van der Waals surface area contributed by atoms with E-state index in [1.807, 2.05) is 30.6 Å². The number of methoxy groups -OCH3 is 1. The van der Waals surface area contributed by atoms with E-state index < -0.39 is 0 Å². The first-order chi connectivity index (χ1) is 16.2. The van der Waals surface area contributed by atoms with E-state index >= 15 is 0 Å². The fourth-order valence-corrected chi connectivity index (χ4v) is 4.64. The highest BCUT2D eigenvalue weighted by atomic mass is 16.5. The highest BCUT2D eigenvalue weighted by molar-refractivity contribution is 5.97. The number of aromatic nitrogens is 2. The van der Waals surface area contributed by atoms with Crippen molar-refractivity contribution in [3.05, 3.63) is 84.7 Å². The van der Waals surface area contributed by atoms with Gasteiger partial charge in [0, 0.05) is 35.8 Å². The first-order valence-electron chi connectivity index (χ1n) is 11.6. The molecule has 2 heterocycles. The molecule has 4 nitrogen and oxygen atoms in total. The Bertz CT molecular complexity index is 1410. The average molecular weight is 436 g/mol. The van der Waals surface area contributed by atoms with Crippen molar-refractivity contribution in [2.45, 2.75) is 26.2 Å². The normalized spacial score (nSPS) is 12.3. The van der Waals surface area contributed by atoms with Gasteiger partial charge in [0.1, 0.15) is 5.75 Å². The third-order valence-electron chi connectivity index (χ3n) is 6.37. The van der Waals surface area contributed by atoms with E-state index in [0.29, 0.717) is 5.92 Å². The van der Waals surface area contributed by atoms with Crippen molar-refractivity contribution in [2.75, 3.05) is 19.0 Å². The van der Waals surface area contributed by atoms with Crippen LogP contribution in [-0.4, -0.2) is 23.6 Å². The van der Waals surface area contributed by atoms with Crippen LogP contribution in [-0.2, 0) is 6.42 Å². The van der Waals surface area contributed by atoms with Crippen molar-refractivity contribution < 1.29 is 4.74 Å². The number of nitrogens with zero attached hydrogens (tertiary/aromatic N) is 2. The topological polar surface area (TPSA) is 47.0 Å². The zero-order valence-electron chi connectivity index (χ0n) is 19.2. The van der Waals surface area contributed by atoms with Gasteiger partial charge in [-0.2, -0.15) is 0 Å². The van der Waals surface area contributed by atoms with Gasteiger partial charge in [-0.25, -0.2) is 0 Å². The maximum absolute atomic E-state index is 5.46. The molecule has 0 radical (unpaired) electrons. The van der Waals surface area contributed by atoms with E-state index in [4.69, 9.17) is 4.74 Å². The van der Waals surface area contributed by atoms with Crippen LogP contribution in [0.15, 0.2) is 79.1 Å². The van der Waals surface area contributed by atoms with Gasteiger partial charge in [-0.15, -0.1) is 0 Å². The Morgan fingerprint density at radius 3 is 2.55 bits per heavy atom. The minimum Gasteiger partial charge on any atom is -0.497 e. The van der Waals surface area contributed by atoms with Gasteiger partial charge in [0.15, 0.2) is 0 Å². The Labute approximate surface area is 194 Å². The fourth-order valence-electron chi connectivity index (χ4n) is 4.64. The third-order valence-corrected chi connectivity index (χ3v) is 6.37. The van der Waals surface area contributed by atoms with Crippen LogP contribution in [0.3, 0.4) is 0 Å². The van der Waals surface area contributed by atoms with Crippen LogP contribution >= 0.6 is 0 Å². The second kappa shape index (κ2) is 9.45. The Hall–Kier alpha value is -3.66. The van der Waals surface area contributed by atoms with Crippen LogP contribution < -0.4 is 10.1 Å². The molecule has 4 heteroatoms. The minimum atomic E-state index is 0.587. The summed E-state index contributed by atoms with van der Waals surface area (Å²) in [5, 5.41) is 8.46. The molecule has 0 aliphatic heterocycles. The van der Waals surface area contributed by atoms with Crippen molar-refractivity contribution in [3.8, 4) is 5.75 Å². The molecule has 0 saturated carbocycles. The minimum absolute atomic E-state index is 0.587. The predicted octanol–water partition coefficient (Wildman–Crippen LogP) is 7.02. The van der Waals surface area contributed by atoms with Gasteiger partial charge in [0.25, 0.3) is 0 Å². The second-order valence-corrected chi connectivity index (χ2v) is 8.81. The van der Waals surface area contributed by atoms with Gasteiger partial charge < -0.3 is 10.1 Å². The predicted molar refractivity (Wildman–Crippen MR) is 138 cm³/mol. The van der Waals surface area contributed by atoms with Crippen LogP contribution in [0.2, 0.25) is 0 Å². The van der Waals surface area contributed by atoms with Gasteiger partial charge in [-0.1, -0.05) is 37.3 Å². The van der Waals surface area contributed by atoms with Gasteiger partial charge in [-0.3, -0.25) is 9.97 Å². The molecule has 166 valence electrons. The van der Waals surface area contributed by atoms with Crippen LogP contribution in [0, 0.1) is 5.92 Å². The van der Waals surface area contributed by atoms with Crippen LogP contribution in [0.1, 0.15) is 25.3 Å². The molecule has 0 amide bonds. The van der Waals surface area contributed by atoms with Crippen LogP contribution in [0.5, 0.6) is 5.75 Å². The van der Waals surface area contributed by atoms with Crippen molar-refractivity contribution in [2.24, 2.45) is 5.92 Å². The first kappa shape index (κ1) is 21.2. The summed E-state index contributed by atoms with van der Waals surface area (Å²) in [4.78, 5) is 9.17. The second-order valence-electron chi connectivity index (χ2n) is 8.81. The van der Waals surface area contributed by atoms with Crippen molar-refractivity contribution in [3.63, 3.8) is 0 Å². The number of benzene rings is 3. The summed E-state index contributed by atoms with van der Waals surface area (Å²) in [6, 6.07) is 23.3. The summed E-state index contributed by atoms with van der Waals surface area (Å²) >= 11 is 0. The summed E-state index contributed by atoms with van der Waals surface area (Å²) in [5.41, 5.74) is 4.48. The quantitative estimate of drug-likeness (QED) is 0.210. The molecule has 0 aliphatic carbocycles. The van der Waals surface area contributed by atoms with Crippen molar-refractivity contribution >= 4 is 38.3 Å². The lowest BCUT2D eigenvalue weighted by Gasteiger charge is -2.15. The Morgan fingerprint density at radius 1 is 0.879 bits per heavy atom. The van der Waals surface area contributed by atoms with Gasteiger partial charge in [0.2, 0.25) is 0 Å². The first-order valence-corrected chi connectivity index (χ1v) is 11.6. The van der Waals surface area contributed by atoms with E-state index in [2.05, 4.69) is 70.7 Å². The molecule has 1 atom stereocenters. The van der Waals surface area contributed by atoms with Gasteiger partial charge in [-0.05, 0) is 71.8 Å². The Morgan fingerprint density at radius 2 is 1.70 bits per heavy atom. The molecule has 0 spiro atoms. The molecule has 0 aliphatic rings. The molecule has 33 heavy (non-hydrogen) atoms. The number of fused-ring (bicyclic) bond motifs is 3. The zero-order chi connectivity index (χ0) is 22.6. The Balaban J connectivity index is 1.24. The molecule has 5 aromatic rings. The number of rotatable bonds is 8.